The minimum absolute atomic E-state index is 0.0247. The highest BCUT2D eigenvalue weighted by Gasteiger charge is 2.25. The highest BCUT2D eigenvalue weighted by Crippen LogP contribution is 2.19. The van der Waals surface area contributed by atoms with Gasteiger partial charge in [-0.25, -0.2) is 0 Å². The zero-order valence-electron chi connectivity index (χ0n) is 16.8. The zero-order valence-corrected chi connectivity index (χ0v) is 16.8. The molecule has 7 heteroatoms. The van der Waals surface area contributed by atoms with Gasteiger partial charge in [-0.15, -0.1) is 0 Å². The van der Waals surface area contributed by atoms with Gasteiger partial charge in [-0.1, -0.05) is 18.2 Å². The van der Waals surface area contributed by atoms with Crippen molar-refractivity contribution in [1.82, 2.24) is 24.6 Å². The minimum Gasteiger partial charge on any atom is -0.354 e. The number of para-hydroxylation sites is 1. The maximum Gasteiger partial charge on any atom is 0.272 e. The number of rotatable bonds is 6. The highest BCUT2D eigenvalue weighted by atomic mass is 16.2. The Bertz CT molecular complexity index is 997. The van der Waals surface area contributed by atoms with Crippen LogP contribution in [-0.4, -0.2) is 50.7 Å². The molecule has 0 atom stereocenters. The van der Waals surface area contributed by atoms with Crippen molar-refractivity contribution < 1.29 is 9.59 Å². The van der Waals surface area contributed by atoms with E-state index in [1.807, 2.05) is 52.9 Å². The number of carbonyl (C=O) groups excluding carboxylic acids is 2. The van der Waals surface area contributed by atoms with Crippen molar-refractivity contribution >= 4 is 22.7 Å². The molecule has 0 saturated carbocycles. The number of piperidine rings is 1. The van der Waals surface area contributed by atoms with E-state index in [0.717, 1.165) is 36.8 Å². The van der Waals surface area contributed by atoms with Crippen LogP contribution in [0.2, 0.25) is 0 Å². The molecule has 152 valence electrons. The van der Waals surface area contributed by atoms with Gasteiger partial charge >= 0.3 is 0 Å². The van der Waals surface area contributed by atoms with Crippen LogP contribution >= 0.6 is 0 Å². The van der Waals surface area contributed by atoms with Crippen LogP contribution in [-0.2, 0) is 17.9 Å². The lowest BCUT2D eigenvalue weighted by molar-refractivity contribution is -0.121. The fraction of sp³-hybridized carbons (Fsp3) is 0.409. The molecule has 2 amide bonds. The largest absolute Gasteiger partial charge is 0.354 e. The summed E-state index contributed by atoms with van der Waals surface area (Å²) in [5.74, 6) is 0.475. The topological polar surface area (TPSA) is 72.2 Å². The molecule has 4 rings (SSSR count). The Balaban J connectivity index is 1.25. The summed E-state index contributed by atoms with van der Waals surface area (Å²) in [5, 5.41) is 8.39. The number of aromatic nitrogens is 3. The maximum atomic E-state index is 12.7. The number of amides is 2. The van der Waals surface area contributed by atoms with Gasteiger partial charge in [0.15, 0.2) is 0 Å². The molecule has 1 aliphatic heterocycles. The lowest BCUT2D eigenvalue weighted by Gasteiger charge is -2.32. The van der Waals surface area contributed by atoms with E-state index in [9.17, 15) is 9.59 Å². The second kappa shape index (κ2) is 8.51. The standard InChI is InChI=1S/C22H27N5O2/c1-2-27-20(7-11-24-27)22(29)25-12-8-17(9-13-25)15-23-21(28)16-26-14-10-18-5-3-4-6-19(18)26/h3-7,10-11,14,17H,2,8-9,12-13,15-16H2,1H3,(H,23,28). The third-order valence-electron chi connectivity index (χ3n) is 5.72. The van der Waals surface area contributed by atoms with Gasteiger partial charge in [0, 0.05) is 44.1 Å². The number of hydrogen-bond acceptors (Lipinski definition) is 3. The van der Waals surface area contributed by atoms with Gasteiger partial charge in [-0.2, -0.15) is 5.10 Å². The molecule has 7 nitrogen and oxygen atoms in total. The van der Waals surface area contributed by atoms with Crippen LogP contribution in [0.1, 0.15) is 30.3 Å². The first-order chi connectivity index (χ1) is 14.2. The van der Waals surface area contributed by atoms with E-state index >= 15 is 0 Å². The first-order valence-corrected chi connectivity index (χ1v) is 10.3. The first kappa shape index (κ1) is 19.2. The molecule has 0 unspecified atom stereocenters. The Morgan fingerprint density at radius 1 is 1.14 bits per heavy atom. The lowest BCUT2D eigenvalue weighted by atomic mass is 9.96. The van der Waals surface area contributed by atoms with Gasteiger partial charge in [0.2, 0.25) is 5.91 Å². The van der Waals surface area contributed by atoms with Crippen molar-refractivity contribution in [2.75, 3.05) is 19.6 Å². The fourth-order valence-corrected chi connectivity index (χ4v) is 4.02. The summed E-state index contributed by atoms with van der Waals surface area (Å²) in [7, 11) is 0. The molecule has 3 heterocycles. The summed E-state index contributed by atoms with van der Waals surface area (Å²) in [6.07, 6.45) is 5.43. The van der Waals surface area contributed by atoms with E-state index in [2.05, 4.69) is 10.4 Å². The second-order valence-corrected chi connectivity index (χ2v) is 7.57. The van der Waals surface area contributed by atoms with Gasteiger partial charge in [0.25, 0.3) is 5.91 Å². The van der Waals surface area contributed by atoms with E-state index in [1.165, 1.54) is 0 Å². The summed E-state index contributed by atoms with van der Waals surface area (Å²) < 4.78 is 3.71. The number of nitrogens with one attached hydrogen (secondary N) is 1. The van der Waals surface area contributed by atoms with Crippen LogP contribution in [0.25, 0.3) is 10.9 Å². The number of aryl methyl sites for hydroxylation is 1. The van der Waals surface area contributed by atoms with Gasteiger partial charge in [-0.05, 0) is 49.3 Å². The normalized spacial score (nSPS) is 15.0. The molecule has 1 aromatic carbocycles. The Morgan fingerprint density at radius 3 is 2.72 bits per heavy atom. The second-order valence-electron chi connectivity index (χ2n) is 7.57. The average molecular weight is 393 g/mol. The van der Waals surface area contributed by atoms with Crippen LogP contribution < -0.4 is 5.32 Å². The summed E-state index contributed by atoms with van der Waals surface area (Å²) in [4.78, 5) is 27.0. The van der Waals surface area contributed by atoms with Gasteiger partial charge in [0.05, 0.1) is 0 Å². The van der Waals surface area contributed by atoms with Crippen molar-refractivity contribution in [3.63, 3.8) is 0 Å². The number of benzene rings is 1. The molecule has 0 spiro atoms. The van der Waals surface area contributed by atoms with Crippen molar-refractivity contribution in [2.24, 2.45) is 5.92 Å². The maximum absolute atomic E-state index is 12.7. The Labute approximate surface area is 170 Å². The summed E-state index contributed by atoms with van der Waals surface area (Å²) in [5.41, 5.74) is 1.72. The van der Waals surface area contributed by atoms with Crippen LogP contribution in [0.5, 0.6) is 0 Å². The van der Waals surface area contributed by atoms with Gasteiger partial charge < -0.3 is 14.8 Å². The van der Waals surface area contributed by atoms with E-state index in [-0.39, 0.29) is 11.8 Å². The molecule has 1 saturated heterocycles. The number of hydrogen-bond donors (Lipinski definition) is 1. The number of nitrogens with zero attached hydrogens (tertiary/aromatic N) is 4. The molecular formula is C22H27N5O2. The van der Waals surface area contributed by atoms with E-state index < -0.39 is 0 Å². The summed E-state index contributed by atoms with van der Waals surface area (Å²) in [6.45, 7) is 5.09. The quantitative estimate of drug-likeness (QED) is 0.699. The van der Waals surface area contributed by atoms with Crippen molar-refractivity contribution in [2.45, 2.75) is 32.9 Å². The van der Waals surface area contributed by atoms with E-state index in [4.69, 9.17) is 0 Å². The number of fused-ring (bicyclic) bond motifs is 1. The zero-order chi connectivity index (χ0) is 20.2. The average Bonchev–Trinajstić information content (AvgIpc) is 3.39. The third kappa shape index (κ3) is 4.18. The van der Waals surface area contributed by atoms with E-state index in [0.29, 0.717) is 31.2 Å². The van der Waals surface area contributed by atoms with Gasteiger partial charge in [-0.3, -0.25) is 14.3 Å². The van der Waals surface area contributed by atoms with Crippen molar-refractivity contribution in [3.8, 4) is 0 Å². The molecule has 3 aromatic rings. The smallest absolute Gasteiger partial charge is 0.272 e. The van der Waals surface area contributed by atoms with Crippen LogP contribution in [0.3, 0.4) is 0 Å². The molecule has 0 radical (unpaired) electrons. The summed E-state index contributed by atoms with van der Waals surface area (Å²) in [6, 6.07) is 11.9. The molecule has 0 aliphatic carbocycles. The summed E-state index contributed by atoms with van der Waals surface area (Å²) >= 11 is 0. The Morgan fingerprint density at radius 2 is 1.93 bits per heavy atom. The van der Waals surface area contributed by atoms with Crippen molar-refractivity contribution in [1.29, 1.82) is 0 Å². The SMILES string of the molecule is CCn1nccc1C(=O)N1CCC(CNC(=O)Cn2ccc3ccccc32)CC1. The predicted molar refractivity (Wildman–Crippen MR) is 111 cm³/mol. The number of carbonyl (C=O) groups is 2. The molecular weight excluding hydrogens is 366 g/mol. The Kier molecular flexibility index (Phi) is 5.64. The van der Waals surface area contributed by atoms with E-state index in [1.54, 1.807) is 16.9 Å². The Hall–Kier alpha value is -3.09. The molecule has 29 heavy (non-hydrogen) atoms. The first-order valence-electron chi connectivity index (χ1n) is 10.3. The van der Waals surface area contributed by atoms with Crippen LogP contribution in [0.15, 0.2) is 48.8 Å². The number of likely N-dealkylation sites (tertiary alicyclic amines) is 1. The van der Waals surface area contributed by atoms with Crippen LogP contribution in [0, 0.1) is 5.92 Å². The molecule has 1 aliphatic rings. The van der Waals surface area contributed by atoms with Crippen LogP contribution in [0.4, 0.5) is 0 Å². The molecule has 2 aromatic heterocycles. The fourth-order valence-electron chi connectivity index (χ4n) is 4.02. The predicted octanol–water partition coefficient (Wildman–Crippen LogP) is 2.53. The molecule has 1 N–H and O–H groups in total. The highest BCUT2D eigenvalue weighted by molar-refractivity contribution is 5.92. The third-order valence-corrected chi connectivity index (χ3v) is 5.72. The van der Waals surface area contributed by atoms with Gasteiger partial charge in [0.1, 0.15) is 12.2 Å². The van der Waals surface area contributed by atoms with Crippen molar-refractivity contribution in [3.05, 3.63) is 54.5 Å². The molecule has 0 bridgehead atoms. The monoisotopic (exact) mass is 393 g/mol. The molecule has 1 fully saturated rings. The lowest BCUT2D eigenvalue weighted by Crippen LogP contribution is -2.42. The minimum atomic E-state index is 0.0247.